The number of nitrogens with one attached hydrogen (secondary N) is 1. The SMILES string of the molecule is O=C(NC1CCCN2c3cc(Cl)c([N+](=O)[O-])cc3Oc3ccccc3C12)C(F)(F)F. The quantitative estimate of drug-likeness (QED) is 0.537. The number of ether oxygens (including phenoxy) is 1. The van der Waals surface area contributed by atoms with Gasteiger partial charge in [-0.25, -0.2) is 0 Å². The first-order chi connectivity index (χ1) is 14.2. The number of nitrogens with zero attached hydrogens (tertiary/aromatic N) is 2. The van der Waals surface area contributed by atoms with Crippen molar-refractivity contribution in [2.75, 3.05) is 11.4 Å². The molecule has 2 heterocycles. The Hall–Kier alpha value is -3.01. The lowest BCUT2D eigenvalue weighted by Crippen LogP contribution is -2.52. The maximum absolute atomic E-state index is 12.9. The molecule has 2 unspecified atom stereocenters. The van der Waals surface area contributed by atoms with Crippen molar-refractivity contribution in [3.63, 3.8) is 0 Å². The Morgan fingerprint density at radius 1 is 1.27 bits per heavy atom. The molecule has 158 valence electrons. The third-order valence-electron chi connectivity index (χ3n) is 5.20. The Morgan fingerprint density at radius 3 is 2.70 bits per heavy atom. The summed E-state index contributed by atoms with van der Waals surface area (Å²) in [5.41, 5.74) is 0.641. The van der Waals surface area contributed by atoms with Crippen molar-refractivity contribution in [1.29, 1.82) is 0 Å². The summed E-state index contributed by atoms with van der Waals surface area (Å²) in [5.74, 6) is -1.50. The number of hydrogen-bond donors (Lipinski definition) is 1. The van der Waals surface area contributed by atoms with Crippen LogP contribution in [0, 0.1) is 10.1 Å². The van der Waals surface area contributed by atoms with E-state index in [4.69, 9.17) is 16.3 Å². The van der Waals surface area contributed by atoms with Crippen molar-refractivity contribution in [1.82, 2.24) is 5.32 Å². The predicted molar refractivity (Wildman–Crippen MR) is 102 cm³/mol. The largest absolute Gasteiger partial charge is 0.471 e. The Bertz CT molecular complexity index is 1030. The molecule has 0 aromatic heterocycles. The second-order valence-corrected chi connectivity index (χ2v) is 7.43. The number of anilines is 1. The summed E-state index contributed by atoms with van der Waals surface area (Å²) < 4.78 is 44.6. The van der Waals surface area contributed by atoms with E-state index in [0.29, 0.717) is 36.4 Å². The molecule has 1 amide bonds. The van der Waals surface area contributed by atoms with Crippen molar-refractivity contribution >= 4 is 28.9 Å². The van der Waals surface area contributed by atoms with Gasteiger partial charge in [-0.05, 0) is 25.0 Å². The lowest BCUT2D eigenvalue weighted by molar-refractivity contribution is -0.384. The van der Waals surface area contributed by atoms with Gasteiger partial charge in [0, 0.05) is 12.1 Å². The second kappa shape index (κ2) is 7.35. The van der Waals surface area contributed by atoms with Gasteiger partial charge in [-0.15, -0.1) is 0 Å². The van der Waals surface area contributed by atoms with Crippen molar-refractivity contribution in [2.45, 2.75) is 31.1 Å². The molecule has 0 saturated carbocycles. The van der Waals surface area contributed by atoms with Gasteiger partial charge in [-0.1, -0.05) is 29.8 Å². The number of carbonyl (C=O) groups is 1. The fourth-order valence-corrected chi connectivity index (χ4v) is 4.19. The highest BCUT2D eigenvalue weighted by molar-refractivity contribution is 6.33. The van der Waals surface area contributed by atoms with Crippen LogP contribution in [0.15, 0.2) is 36.4 Å². The number of carbonyl (C=O) groups excluding carboxylic acids is 1. The van der Waals surface area contributed by atoms with E-state index >= 15 is 0 Å². The number of halogens is 4. The molecule has 2 aromatic carbocycles. The average molecular weight is 442 g/mol. The molecule has 2 aliphatic rings. The minimum atomic E-state index is -5.01. The Kier molecular flexibility index (Phi) is 4.97. The fraction of sp³-hybridized carbons (Fsp3) is 0.316. The van der Waals surface area contributed by atoms with E-state index < -0.39 is 29.1 Å². The van der Waals surface area contributed by atoms with E-state index in [1.165, 1.54) is 12.1 Å². The number of hydrogen-bond acceptors (Lipinski definition) is 5. The van der Waals surface area contributed by atoms with Crippen LogP contribution in [0.3, 0.4) is 0 Å². The predicted octanol–water partition coefficient (Wildman–Crippen LogP) is 4.74. The number of nitro groups is 1. The number of benzene rings is 2. The molecule has 2 atom stereocenters. The van der Waals surface area contributed by atoms with Crippen LogP contribution in [-0.2, 0) is 4.79 Å². The molecule has 0 radical (unpaired) electrons. The van der Waals surface area contributed by atoms with Crippen molar-refractivity contribution < 1.29 is 27.6 Å². The summed E-state index contributed by atoms with van der Waals surface area (Å²) in [5, 5.41) is 13.3. The number of alkyl halides is 3. The summed E-state index contributed by atoms with van der Waals surface area (Å²) >= 11 is 6.09. The summed E-state index contributed by atoms with van der Waals surface area (Å²) in [6.07, 6.45) is -4.19. The Balaban J connectivity index is 1.84. The van der Waals surface area contributed by atoms with Crippen molar-refractivity contribution in [3.05, 3.63) is 57.1 Å². The minimum absolute atomic E-state index is 0.117. The van der Waals surface area contributed by atoms with Gasteiger partial charge in [-0.3, -0.25) is 14.9 Å². The third-order valence-corrected chi connectivity index (χ3v) is 5.50. The van der Waals surface area contributed by atoms with Gasteiger partial charge in [-0.2, -0.15) is 13.2 Å². The van der Waals surface area contributed by atoms with Crippen LogP contribution in [-0.4, -0.2) is 29.6 Å². The van der Waals surface area contributed by atoms with E-state index in [-0.39, 0.29) is 16.5 Å². The number of nitro benzene ring substituents is 1. The monoisotopic (exact) mass is 441 g/mol. The summed E-state index contributed by atoms with van der Waals surface area (Å²) in [4.78, 5) is 24.1. The second-order valence-electron chi connectivity index (χ2n) is 7.03. The number of rotatable bonds is 2. The first kappa shape index (κ1) is 20.3. The molecule has 1 saturated heterocycles. The molecule has 0 aliphatic carbocycles. The van der Waals surface area contributed by atoms with E-state index in [1.54, 1.807) is 29.2 Å². The molecule has 1 fully saturated rings. The van der Waals surface area contributed by atoms with Crippen molar-refractivity contribution in [2.24, 2.45) is 0 Å². The molecule has 0 bridgehead atoms. The first-order valence-electron chi connectivity index (χ1n) is 9.06. The highest BCUT2D eigenvalue weighted by Gasteiger charge is 2.44. The molecule has 11 heteroatoms. The van der Waals surface area contributed by atoms with Gasteiger partial charge in [0.2, 0.25) is 0 Å². The van der Waals surface area contributed by atoms with Crippen LogP contribution in [0.2, 0.25) is 5.02 Å². The topological polar surface area (TPSA) is 84.7 Å². The smallest absolute Gasteiger partial charge is 0.455 e. The molecule has 0 spiro atoms. The maximum atomic E-state index is 12.9. The minimum Gasteiger partial charge on any atom is -0.455 e. The average Bonchev–Trinajstić information content (AvgIpc) is 2.81. The fourth-order valence-electron chi connectivity index (χ4n) is 3.97. The molecule has 2 aromatic rings. The number of para-hydroxylation sites is 1. The zero-order valence-electron chi connectivity index (χ0n) is 15.3. The van der Waals surface area contributed by atoms with Gasteiger partial charge in [0.05, 0.1) is 28.8 Å². The van der Waals surface area contributed by atoms with E-state index in [9.17, 15) is 28.1 Å². The normalized spacial score (nSPS) is 20.2. The maximum Gasteiger partial charge on any atom is 0.471 e. The Morgan fingerprint density at radius 2 is 2.00 bits per heavy atom. The van der Waals surface area contributed by atoms with Gasteiger partial charge in [0.1, 0.15) is 10.8 Å². The number of amides is 1. The third kappa shape index (κ3) is 3.51. The molecular formula is C19H15ClF3N3O4. The first-order valence-corrected chi connectivity index (χ1v) is 9.43. The van der Waals surface area contributed by atoms with E-state index in [2.05, 4.69) is 5.32 Å². The van der Waals surface area contributed by atoms with Crippen LogP contribution in [0.5, 0.6) is 11.5 Å². The van der Waals surface area contributed by atoms with Crippen LogP contribution in [0.1, 0.15) is 24.4 Å². The van der Waals surface area contributed by atoms with E-state index in [1.807, 2.05) is 0 Å². The lowest BCUT2D eigenvalue weighted by atomic mass is 9.89. The van der Waals surface area contributed by atoms with Crippen LogP contribution in [0.25, 0.3) is 0 Å². The Labute approximate surface area is 173 Å². The van der Waals surface area contributed by atoms with Gasteiger partial charge in [0.15, 0.2) is 5.75 Å². The van der Waals surface area contributed by atoms with Crippen LogP contribution in [0.4, 0.5) is 24.5 Å². The zero-order chi connectivity index (χ0) is 21.6. The number of piperidine rings is 1. The molecule has 2 aliphatic heterocycles. The lowest BCUT2D eigenvalue weighted by Gasteiger charge is -2.42. The zero-order valence-corrected chi connectivity index (χ0v) is 16.0. The molecule has 1 N–H and O–H groups in total. The standard InChI is InChI=1S/C19H15ClF3N3O4/c20-11-8-14-16(9-13(11)26(28)29)30-15-6-2-1-4-10(15)17-12(5-3-7-25(14)17)24-18(27)19(21,22)23/h1-2,4,6,8-9,12,17H,3,5,7H2,(H,24,27). The van der Waals surface area contributed by atoms with E-state index in [0.717, 1.165) is 0 Å². The number of fused-ring (bicyclic) bond motifs is 5. The molecule has 30 heavy (non-hydrogen) atoms. The van der Waals surface area contributed by atoms with Crippen LogP contribution >= 0.6 is 11.6 Å². The van der Waals surface area contributed by atoms with Gasteiger partial charge < -0.3 is 15.0 Å². The summed E-state index contributed by atoms with van der Waals surface area (Å²) in [7, 11) is 0. The summed E-state index contributed by atoms with van der Waals surface area (Å²) in [6.45, 7) is 0.446. The highest BCUT2D eigenvalue weighted by atomic mass is 35.5. The molecule has 7 nitrogen and oxygen atoms in total. The van der Waals surface area contributed by atoms with Crippen molar-refractivity contribution in [3.8, 4) is 11.5 Å². The van der Waals surface area contributed by atoms with Gasteiger partial charge >= 0.3 is 12.1 Å². The van der Waals surface area contributed by atoms with Crippen LogP contribution < -0.4 is 15.0 Å². The molecule has 4 rings (SSSR count). The summed E-state index contributed by atoms with van der Waals surface area (Å²) in [6, 6.07) is 7.79. The highest BCUT2D eigenvalue weighted by Crippen LogP contribution is 2.50. The van der Waals surface area contributed by atoms with Gasteiger partial charge in [0.25, 0.3) is 5.69 Å². The molecular weight excluding hydrogens is 427 g/mol.